The van der Waals surface area contributed by atoms with Crippen molar-refractivity contribution in [1.29, 1.82) is 0 Å². The Balaban J connectivity index is 1.08. The van der Waals surface area contributed by atoms with Crippen molar-refractivity contribution >= 4 is 23.7 Å². The van der Waals surface area contributed by atoms with E-state index in [2.05, 4.69) is 15.1 Å². The van der Waals surface area contributed by atoms with Crippen molar-refractivity contribution < 1.29 is 29.3 Å². The van der Waals surface area contributed by atoms with E-state index in [4.69, 9.17) is 4.74 Å². The van der Waals surface area contributed by atoms with Crippen LogP contribution in [0.4, 0.5) is 15.3 Å². The highest BCUT2D eigenvalue weighted by atomic mass is 16.6. The maximum Gasteiger partial charge on any atom is 0.410 e. The Morgan fingerprint density at radius 1 is 0.917 bits per heavy atom. The van der Waals surface area contributed by atoms with E-state index < -0.39 is 12.2 Å². The highest BCUT2D eigenvalue weighted by molar-refractivity contribution is 5.91. The van der Waals surface area contributed by atoms with Gasteiger partial charge >= 0.3 is 12.1 Å². The Bertz CT molecular complexity index is 1450. The molecular weight excluding hydrogens is 612 g/mol. The van der Waals surface area contributed by atoms with Gasteiger partial charge in [-0.3, -0.25) is 14.6 Å². The molecule has 260 valence electrons. The summed E-state index contributed by atoms with van der Waals surface area (Å²) in [6.07, 6.45) is 1.80. The summed E-state index contributed by atoms with van der Waals surface area (Å²) in [7, 11) is 0. The van der Waals surface area contributed by atoms with E-state index in [1.807, 2.05) is 60.0 Å². The van der Waals surface area contributed by atoms with Gasteiger partial charge in [0.05, 0.1) is 6.61 Å². The summed E-state index contributed by atoms with van der Waals surface area (Å²) in [5.41, 5.74) is 4.23. The largest absolute Gasteiger partial charge is 0.507 e. The summed E-state index contributed by atoms with van der Waals surface area (Å²) in [6.45, 7) is 10.5. The van der Waals surface area contributed by atoms with Crippen LogP contribution in [0.1, 0.15) is 41.5 Å². The minimum Gasteiger partial charge on any atom is -0.507 e. The van der Waals surface area contributed by atoms with Crippen LogP contribution in [0.25, 0.3) is 0 Å². The number of hydrogen-bond donors (Lipinski definition) is 3. The van der Waals surface area contributed by atoms with Crippen LogP contribution in [0.15, 0.2) is 36.4 Å². The molecule has 0 saturated carbocycles. The van der Waals surface area contributed by atoms with Crippen LogP contribution in [0.5, 0.6) is 5.75 Å². The third kappa shape index (κ3) is 7.71. The second-order valence-corrected chi connectivity index (χ2v) is 13.7. The number of fused-ring (bicyclic) bond motifs is 1. The molecule has 4 aliphatic rings. The molecule has 0 spiro atoms. The number of likely N-dealkylation sites (tertiary alicyclic amines) is 2. The third-order valence-electron chi connectivity index (χ3n) is 10.6. The molecule has 4 amide bonds. The van der Waals surface area contributed by atoms with Crippen LogP contribution >= 0.6 is 0 Å². The molecule has 3 N–H and O–H groups in total. The van der Waals surface area contributed by atoms with E-state index in [0.717, 1.165) is 55.8 Å². The number of anilines is 1. The Morgan fingerprint density at radius 2 is 1.60 bits per heavy atom. The van der Waals surface area contributed by atoms with E-state index in [9.17, 15) is 24.6 Å². The smallest absolute Gasteiger partial charge is 0.410 e. The molecule has 0 radical (unpaired) electrons. The summed E-state index contributed by atoms with van der Waals surface area (Å²) < 4.78 is 6.05. The Kier molecular flexibility index (Phi) is 10.7. The molecule has 12 heteroatoms. The van der Waals surface area contributed by atoms with Crippen LogP contribution < -0.4 is 5.32 Å². The second kappa shape index (κ2) is 15.1. The minimum atomic E-state index is -0.994. The highest BCUT2D eigenvalue weighted by Gasteiger charge is 2.37. The number of benzene rings is 2. The van der Waals surface area contributed by atoms with Gasteiger partial charge in [-0.1, -0.05) is 30.3 Å². The summed E-state index contributed by atoms with van der Waals surface area (Å²) in [6, 6.07) is 11.9. The van der Waals surface area contributed by atoms with Crippen molar-refractivity contribution in [2.45, 2.75) is 64.1 Å². The number of urea groups is 1. The Morgan fingerprint density at radius 3 is 2.31 bits per heavy atom. The minimum absolute atomic E-state index is 0.00983. The molecule has 3 fully saturated rings. The molecular formula is C36H50N6O6. The van der Waals surface area contributed by atoms with Gasteiger partial charge in [-0.05, 0) is 74.4 Å². The van der Waals surface area contributed by atoms with Crippen molar-refractivity contribution in [2.24, 2.45) is 0 Å². The van der Waals surface area contributed by atoms with Gasteiger partial charge in [-0.2, -0.15) is 0 Å². The number of aliphatic hydroxyl groups excluding tert-OH is 1. The Hall–Kier alpha value is -3.87. The number of rotatable bonds is 8. The van der Waals surface area contributed by atoms with Crippen molar-refractivity contribution in [3.8, 4) is 5.75 Å². The number of ether oxygens (including phenoxy) is 1. The van der Waals surface area contributed by atoms with Crippen molar-refractivity contribution in [1.82, 2.24) is 24.5 Å². The lowest BCUT2D eigenvalue weighted by molar-refractivity contribution is -0.143. The Labute approximate surface area is 283 Å². The van der Waals surface area contributed by atoms with Crippen LogP contribution in [-0.4, -0.2) is 143 Å². The quantitative estimate of drug-likeness (QED) is 0.394. The van der Waals surface area contributed by atoms with Gasteiger partial charge in [0.25, 0.3) is 5.91 Å². The molecule has 12 nitrogen and oxygen atoms in total. The number of aromatic hydroxyl groups is 1. The summed E-state index contributed by atoms with van der Waals surface area (Å²) >= 11 is 0. The number of para-hydroxylation sites is 1. The monoisotopic (exact) mass is 662 g/mol. The second-order valence-electron chi connectivity index (χ2n) is 13.7. The highest BCUT2D eigenvalue weighted by Crippen LogP contribution is 2.27. The number of carbonyl (C=O) groups excluding carboxylic acids is 3. The number of phenols is 1. The first-order chi connectivity index (χ1) is 23.2. The van der Waals surface area contributed by atoms with Crippen molar-refractivity contribution in [3.63, 3.8) is 0 Å². The first kappa shape index (κ1) is 34.0. The van der Waals surface area contributed by atoms with E-state index in [1.54, 1.807) is 4.90 Å². The molecule has 3 saturated heterocycles. The molecule has 4 heterocycles. The molecule has 2 atom stereocenters. The lowest BCUT2D eigenvalue weighted by Crippen LogP contribution is -2.55. The van der Waals surface area contributed by atoms with Gasteiger partial charge in [0, 0.05) is 83.1 Å². The number of piperidine rings is 1. The van der Waals surface area contributed by atoms with Crippen LogP contribution in [-0.2, 0) is 22.4 Å². The number of aliphatic hydroxyl groups is 1. The molecule has 48 heavy (non-hydrogen) atoms. The van der Waals surface area contributed by atoms with Crippen LogP contribution in [0.3, 0.4) is 0 Å². The summed E-state index contributed by atoms with van der Waals surface area (Å²) in [5.74, 6) is 0.0273. The van der Waals surface area contributed by atoms with Gasteiger partial charge < -0.3 is 35.0 Å². The van der Waals surface area contributed by atoms with E-state index in [1.165, 1.54) is 0 Å². The lowest BCUT2D eigenvalue weighted by Gasteiger charge is -2.40. The predicted molar refractivity (Wildman–Crippen MR) is 182 cm³/mol. The van der Waals surface area contributed by atoms with Gasteiger partial charge in [0.2, 0.25) is 0 Å². The molecule has 2 unspecified atom stereocenters. The summed E-state index contributed by atoms with van der Waals surface area (Å²) in [5, 5.41) is 22.7. The number of nitrogens with zero attached hydrogens (tertiary/aromatic N) is 5. The average Bonchev–Trinajstić information content (AvgIpc) is 3.49. The first-order valence-corrected chi connectivity index (χ1v) is 17.5. The lowest BCUT2D eigenvalue weighted by atomic mass is 10.0. The molecule has 0 aromatic heterocycles. The fourth-order valence-corrected chi connectivity index (χ4v) is 7.82. The SMILES string of the molecule is Cc1cc(CC(OC(=O)N2CCC(N3CCc4ccccc4NC3=O)CC2)C(=O)N2CCN(C3CCN(CCO)C3)CC2)cc(C)c1O. The number of amides is 4. The molecule has 2 aromatic carbocycles. The third-order valence-corrected chi connectivity index (χ3v) is 10.6. The average molecular weight is 663 g/mol. The maximum atomic E-state index is 14.0. The molecule has 0 bridgehead atoms. The van der Waals surface area contributed by atoms with Crippen molar-refractivity contribution in [3.05, 3.63) is 58.7 Å². The fourth-order valence-electron chi connectivity index (χ4n) is 7.82. The number of nitrogens with one attached hydrogen (secondary N) is 1. The molecule has 6 rings (SSSR count). The van der Waals surface area contributed by atoms with Gasteiger partial charge in [-0.25, -0.2) is 9.59 Å². The van der Waals surface area contributed by atoms with Crippen LogP contribution in [0.2, 0.25) is 0 Å². The fraction of sp³-hybridized carbons (Fsp3) is 0.583. The maximum absolute atomic E-state index is 14.0. The topological polar surface area (TPSA) is 129 Å². The normalized spacial score (nSPS) is 21.9. The van der Waals surface area contributed by atoms with E-state index in [-0.39, 0.29) is 36.8 Å². The van der Waals surface area contributed by atoms with Crippen molar-refractivity contribution in [2.75, 3.05) is 77.4 Å². The van der Waals surface area contributed by atoms with Crippen LogP contribution in [0, 0.1) is 13.8 Å². The number of carbonyl (C=O) groups is 3. The molecule has 0 aliphatic carbocycles. The van der Waals surface area contributed by atoms with Gasteiger partial charge in [0.15, 0.2) is 6.10 Å². The first-order valence-electron chi connectivity index (χ1n) is 17.5. The van der Waals surface area contributed by atoms with Gasteiger partial charge in [-0.15, -0.1) is 0 Å². The zero-order chi connectivity index (χ0) is 33.8. The number of aryl methyl sites for hydroxylation is 2. The summed E-state index contributed by atoms with van der Waals surface area (Å²) in [4.78, 5) is 50.8. The predicted octanol–water partition coefficient (Wildman–Crippen LogP) is 2.82. The number of piperazine rings is 1. The number of hydrogen-bond acceptors (Lipinski definition) is 8. The zero-order valence-electron chi connectivity index (χ0n) is 28.3. The standard InChI is InChI=1S/C36H50N6O6/c1-25-21-27(22-26(2)33(25)44)23-32(34(45)40-17-15-39(16-18-40)30-8-11-38(24-30)19-20-43)48-36(47)41-12-9-29(10-13-41)42-14-7-28-5-3-4-6-31(28)37-35(42)46/h3-6,21-22,29-30,32,43-44H,7-20,23-24H2,1-2H3,(H,37,46). The molecule has 4 aliphatic heterocycles. The van der Waals surface area contributed by atoms with E-state index in [0.29, 0.717) is 69.3 Å². The van der Waals surface area contributed by atoms with E-state index >= 15 is 0 Å². The number of phenolic OH excluding ortho intramolecular Hbond substituents is 1. The van der Waals surface area contributed by atoms with Gasteiger partial charge in [0.1, 0.15) is 5.75 Å². The number of β-amino-alcohol motifs (C(OH)–C–C–N with tert-alkyl or cyclic N) is 1. The molecule has 2 aromatic rings. The zero-order valence-corrected chi connectivity index (χ0v) is 28.3.